The van der Waals surface area contributed by atoms with Crippen LogP contribution >= 0.6 is 0 Å². The Morgan fingerprint density at radius 3 is 2.38 bits per heavy atom. The van der Waals surface area contributed by atoms with Crippen molar-refractivity contribution in [3.8, 4) is 11.5 Å². The number of piperidine rings is 1. The Kier molecular flexibility index (Phi) is 6.71. The number of hydrogen-bond donors (Lipinski definition) is 0. The summed E-state index contributed by atoms with van der Waals surface area (Å²) in [5, 5.41) is 0. The molecule has 0 N–H and O–H groups in total. The van der Waals surface area contributed by atoms with Crippen molar-refractivity contribution in [2.45, 2.75) is 37.5 Å². The van der Waals surface area contributed by atoms with Gasteiger partial charge in [-0.3, -0.25) is 4.79 Å². The third-order valence-corrected chi connectivity index (χ3v) is 8.16. The average molecular weight is 459 g/mol. The minimum atomic E-state index is -3.59. The van der Waals surface area contributed by atoms with Crippen molar-refractivity contribution in [1.82, 2.24) is 4.31 Å². The van der Waals surface area contributed by atoms with E-state index in [0.717, 1.165) is 29.8 Å². The normalized spacial score (nSPS) is 17.6. The molecule has 1 amide bonds. The number of sulfonamides is 1. The van der Waals surface area contributed by atoms with E-state index in [2.05, 4.69) is 0 Å². The number of amides is 1. The lowest BCUT2D eigenvalue weighted by Crippen LogP contribution is -2.45. The van der Waals surface area contributed by atoms with Crippen molar-refractivity contribution >= 4 is 21.6 Å². The summed E-state index contributed by atoms with van der Waals surface area (Å²) in [6.45, 7) is 3.80. The van der Waals surface area contributed by atoms with Crippen molar-refractivity contribution in [3.05, 3.63) is 48.0 Å². The zero-order valence-corrected chi connectivity index (χ0v) is 19.4. The minimum Gasteiger partial charge on any atom is -0.497 e. The summed E-state index contributed by atoms with van der Waals surface area (Å²) in [5.74, 6) is 1.37. The Morgan fingerprint density at radius 2 is 1.72 bits per heavy atom. The molecule has 2 heterocycles. The Bertz CT molecular complexity index is 1060. The predicted molar refractivity (Wildman–Crippen MR) is 123 cm³/mol. The van der Waals surface area contributed by atoms with Gasteiger partial charge in [-0.2, -0.15) is 4.31 Å². The minimum absolute atomic E-state index is 0.0919. The maximum Gasteiger partial charge on any atom is 0.243 e. The molecule has 0 bridgehead atoms. The number of methoxy groups -OCH3 is 1. The molecule has 0 spiro atoms. The van der Waals surface area contributed by atoms with Gasteiger partial charge in [-0.25, -0.2) is 8.42 Å². The molecule has 2 aromatic carbocycles. The molecule has 32 heavy (non-hydrogen) atoms. The van der Waals surface area contributed by atoms with E-state index < -0.39 is 10.0 Å². The summed E-state index contributed by atoms with van der Waals surface area (Å²) in [5.41, 5.74) is 2.07. The molecule has 4 rings (SSSR count). The molecule has 0 atom stereocenters. The van der Waals surface area contributed by atoms with Crippen LogP contribution in [0.1, 0.15) is 31.7 Å². The fourth-order valence-electron chi connectivity index (χ4n) is 4.52. The van der Waals surface area contributed by atoms with E-state index >= 15 is 0 Å². The standard InChI is InChI=1S/C24H30N2O5S/c1-3-31-20-6-9-22(10-7-20)32(28,29)25-15-12-18(13-16-25)24(27)26-14-4-5-19-17-21(30-2)8-11-23(19)26/h6-11,17-18H,3-5,12-16H2,1-2H3. The second kappa shape index (κ2) is 9.50. The Balaban J connectivity index is 1.42. The highest BCUT2D eigenvalue weighted by atomic mass is 32.2. The first-order valence-electron chi connectivity index (χ1n) is 11.2. The Morgan fingerprint density at radius 1 is 1.03 bits per heavy atom. The van der Waals surface area contributed by atoms with E-state index in [-0.39, 0.29) is 16.7 Å². The summed E-state index contributed by atoms with van der Waals surface area (Å²) in [6.07, 6.45) is 2.89. The molecule has 0 aromatic heterocycles. The molecule has 0 saturated carbocycles. The number of ether oxygens (including phenoxy) is 2. The van der Waals surface area contributed by atoms with Crippen LogP contribution in [0.3, 0.4) is 0 Å². The van der Waals surface area contributed by atoms with Crippen molar-refractivity contribution in [3.63, 3.8) is 0 Å². The molecule has 7 nitrogen and oxygen atoms in total. The molecule has 2 aromatic rings. The lowest BCUT2D eigenvalue weighted by atomic mass is 9.94. The van der Waals surface area contributed by atoms with Crippen molar-refractivity contribution < 1.29 is 22.7 Å². The second-order valence-corrected chi connectivity index (χ2v) is 10.1. The lowest BCUT2D eigenvalue weighted by Gasteiger charge is -2.36. The molecule has 2 aliphatic heterocycles. The molecule has 1 saturated heterocycles. The first-order valence-corrected chi connectivity index (χ1v) is 12.6. The smallest absolute Gasteiger partial charge is 0.243 e. The molecule has 1 fully saturated rings. The van der Waals surface area contributed by atoms with Gasteiger partial charge in [0.15, 0.2) is 0 Å². The van der Waals surface area contributed by atoms with Crippen molar-refractivity contribution in [2.24, 2.45) is 5.92 Å². The third-order valence-electron chi connectivity index (χ3n) is 6.25. The highest BCUT2D eigenvalue weighted by molar-refractivity contribution is 7.89. The highest BCUT2D eigenvalue weighted by Crippen LogP contribution is 2.33. The Hall–Kier alpha value is -2.58. The number of benzene rings is 2. The molecular formula is C24H30N2O5S. The first kappa shape index (κ1) is 22.6. The van der Waals surface area contributed by atoms with Gasteiger partial charge in [0.05, 0.1) is 18.6 Å². The zero-order valence-electron chi connectivity index (χ0n) is 18.6. The maximum atomic E-state index is 13.3. The molecule has 2 aliphatic rings. The van der Waals surface area contributed by atoms with Crippen molar-refractivity contribution in [1.29, 1.82) is 0 Å². The lowest BCUT2D eigenvalue weighted by molar-refractivity contribution is -0.123. The summed E-state index contributed by atoms with van der Waals surface area (Å²) < 4.78 is 38.3. The summed E-state index contributed by atoms with van der Waals surface area (Å²) in [6, 6.07) is 12.4. The van der Waals surface area contributed by atoms with Crippen LogP contribution in [-0.4, -0.2) is 52.0 Å². The van der Waals surface area contributed by atoms with Gasteiger partial charge in [0.1, 0.15) is 11.5 Å². The zero-order chi connectivity index (χ0) is 22.7. The van der Waals surface area contributed by atoms with Gasteiger partial charge in [0.2, 0.25) is 15.9 Å². The number of carbonyl (C=O) groups is 1. The number of hydrogen-bond acceptors (Lipinski definition) is 5. The summed E-state index contributed by atoms with van der Waals surface area (Å²) >= 11 is 0. The van der Waals surface area contributed by atoms with E-state index in [9.17, 15) is 13.2 Å². The van der Waals surface area contributed by atoms with Gasteiger partial charge >= 0.3 is 0 Å². The van der Waals surface area contributed by atoms with Crippen LogP contribution in [0.5, 0.6) is 11.5 Å². The van der Waals surface area contributed by atoms with Crippen LogP contribution in [0.2, 0.25) is 0 Å². The number of aryl methyl sites for hydroxylation is 1. The molecule has 0 radical (unpaired) electrons. The van der Waals surface area contributed by atoms with Gasteiger partial charge in [-0.15, -0.1) is 0 Å². The van der Waals surface area contributed by atoms with Crippen molar-refractivity contribution in [2.75, 3.05) is 38.3 Å². The molecule has 8 heteroatoms. The fourth-order valence-corrected chi connectivity index (χ4v) is 5.99. The number of fused-ring (bicyclic) bond motifs is 1. The van der Waals surface area contributed by atoms with E-state index in [1.807, 2.05) is 30.0 Å². The van der Waals surface area contributed by atoms with Gasteiger partial charge in [0, 0.05) is 31.2 Å². The molecule has 172 valence electrons. The summed E-state index contributed by atoms with van der Waals surface area (Å²) in [4.78, 5) is 15.4. The first-order chi connectivity index (χ1) is 15.4. The highest BCUT2D eigenvalue weighted by Gasteiger charge is 2.35. The van der Waals surface area contributed by atoms with Crippen LogP contribution in [0.25, 0.3) is 0 Å². The molecule has 0 unspecified atom stereocenters. The fraction of sp³-hybridized carbons (Fsp3) is 0.458. The van der Waals surface area contributed by atoms with E-state index in [1.165, 1.54) is 4.31 Å². The summed E-state index contributed by atoms with van der Waals surface area (Å²) in [7, 11) is -1.94. The van der Waals surface area contributed by atoms with Gasteiger partial charge in [-0.1, -0.05) is 0 Å². The number of nitrogens with zero attached hydrogens (tertiary/aromatic N) is 2. The SMILES string of the molecule is CCOc1ccc(S(=O)(=O)N2CCC(C(=O)N3CCCc4cc(OC)ccc43)CC2)cc1. The average Bonchev–Trinajstić information content (AvgIpc) is 2.83. The topological polar surface area (TPSA) is 76.2 Å². The van der Waals surface area contributed by atoms with Crippen LogP contribution in [-0.2, 0) is 21.2 Å². The predicted octanol–water partition coefficient (Wildman–Crippen LogP) is 3.47. The second-order valence-electron chi connectivity index (χ2n) is 8.17. The van der Waals surface area contributed by atoms with Crippen LogP contribution in [0.4, 0.5) is 5.69 Å². The Labute approximate surface area is 190 Å². The van der Waals surface area contributed by atoms with Gasteiger partial charge < -0.3 is 14.4 Å². The third kappa shape index (κ3) is 4.47. The largest absolute Gasteiger partial charge is 0.497 e. The quantitative estimate of drug-likeness (QED) is 0.663. The van der Waals surface area contributed by atoms with Crippen LogP contribution < -0.4 is 14.4 Å². The maximum absolute atomic E-state index is 13.3. The van der Waals surface area contributed by atoms with E-state index in [4.69, 9.17) is 9.47 Å². The molecule has 0 aliphatic carbocycles. The van der Waals surface area contributed by atoms with Crippen LogP contribution in [0, 0.1) is 5.92 Å². The number of rotatable bonds is 6. The van der Waals surface area contributed by atoms with Crippen LogP contribution in [0.15, 0.2) is 47.4 Å². The van der Waals surface area contributed by atoms with Gasteiger partial charge in [-0.05, 0) is 80.6 Å². The number of carbonyl (C=O) groups excluding carboxylic acids is 1. The van der Waals surface area contributed by atoms with E-state index in [0.29, 0.717) is 44.8 Å². The van der Waals surface area contributed by atoms with Gasteiger partial charge in [0.25, 0.3) is 0 Å². The number of anilines is 1. The molecular weight excluding hydrogens is 428 g/mol. The van der Waals surface area contributed by atoms with E-state index in [1.54, 1.807) is 31.4 Å². The monoisotopic (exact) mass is 458 g/mol.